The number of ketones is 1. The molecule has 0 bridgehead atoms. The second-order valence-electron chi connectivity index (χ2n) is 3.77. The Bertz CT molecular complexity index is 402. The van der Waals surface area contributed by atoms with Crippen LogP contribution in [-0.2, 0) is 9.53 Å². The molecule has 1 unspecified atom stereocenters. The van der Waals surface area contributed by atoms with Crippen molar-refractivity contribution in [1.82, 2.24) is 0 Å². The molecule has 1 heterocycles. The summed E-state index contributed by atoms with van der Waals surface area (Å²) < 4.78 is 6.09. The molecular weight excluding hydrogens is 256 g/mol. The number of benzene rings is 1. The fourth-order valence-corrected chi connectivity index (χ4v) is 1.44. The van der Waals surface area contributed by atoms with Gasteiger partial charge in [-0.1, -0.05) is 34.1 Å². The molecule has 0 saturated carbocycles. The molecule has 1 saturated heterocycles. The summed E-state index contributed by atoms with van der Waals surface area (Å²) in [7, 11) is 0. The zero-order chi connectivity index (χ0) is 10.9. The molecule has 2 rings (SSSR count). The van der Waals surface area contributed by atoms with E-state index in [0.29, 0.717) is 6.61 Å². The van der Waals surface area contributed by atoms with Crippen molar-refractivity contribution >= 4 is 27.8 Å². The maximum atomic E-state index is 11.5. The molecule has 0 amide bonds. The van der Waals surface area contributed by atoms with Crippen molar-refractivity contribution in [3.8, 4) is 0 Å². The van der Waals surface area contributed by atoms with E-state index >= 15 is 0 Å². The van der Waals surface area contributed by atoms with Gasteiger partial charge >= 0.3 is 0 Å². The van der Waals surface area contributed by atoms with E-state index in [9.17, 15) is 4.79 Å². The number of hydrogen-bond donors (Lipinski definition) is 0. The second kappa shape index (κ2) is 3.91. The third-order valence-corrected chi connectivity index (χ3v) is 2.92. The lowest BCUT2D eigenvalue weighted by Gasteiger charge is -1.97. The van der Waals surface area contributed by atoms with Crippen LogP contribution in [0, 0.1) is 0 Å². The smallest absolute Gasteiger partial charge is 0.189 e. The van der Waals surface area contributed by atoms with Gasteiger partial charge in [0, 0.05) is 4.47 Å². The molecule has 0 spiro atoms. The lowest BCUT2D eigenvalue weighted by Crippen LogP contribution is -2.17. The highest BCUT2D eigenvalue weighted by Crippen LogP contribution is 2.27. The lowest BCUT2D eigenvalue weighted by molar-refractivity contribution is -0.118. The predicted octanol–water partition coefficient (Wildman–Crippen LogP) is 2.82. The Hall–Kier alpha value is -0.930. The summed E-state index contributed by atoms with van der Waals surface area (Å²) in [6.45, 7) is 2.35. The van der Waals surface area contributed by atoms with Crippen LogP contribution in [0.3, 0.4) is 0 Å². The minimum Gasteiger partial charge on any atom is -0.361 e. The van der Waals surface area contributed by atoms with Crippen LogP contribution in [0.15, 0.2) is 34.8 Å². The molecule has 1 aliphatic heterocycles. The quantitative estimate of drug-likeness (QED) is 0.622. The SMILES string of the molecule is CC1(C(=O)/C=C/c2ccc(Br)cc2)CO1. The highest BCUT2D eigenvalue weighted by atomic mass is 79.9. The normalized spacial score (nSPS) is 24.4. The first-order valence-electron chi connectivity index (χ1n) is 4.72. The van der Waals surface area contributed by atoms with Crippen molar-refractivity contribution in [2.24, 2.45) is 0 Å². The van der Waals surface area contributed by atoms with Gasteiger partial charge in [0.1, 0.15) is 0 Å². The zero-order valence-corrected chi connectivity index (χ0v) is 9.95. The number of carbonyl (C=O) groups is 1. The van der Waals surface area contributed by atoms with Gasteiger partial charge in [0.2, 0.25) is 0 Å². The monoisotopic (exact) mass is 266 g/mol. The molecule has 78 valence electrons. The van der Waals surface area contributed by atoms with Gasteiger partial charge in [0.05, 0.1) is 6.61 Å². The molecule has 0 radical (unpaired) electrons. The minimum atomic E-state index is -0.550. The van der Waals surface area contributed by atoms with Gasteiger partial charge < -0.3 is 4.74 Å². The van der Waals surface area contributed by atoms with Crippen molar-refractivity contribution < 1.29 is 9.53 Å². The third-order valence-electron chi connectivity index (χ3n) is 2.40. The van der Waals surface area contributed by atoms with Crippen LogP contribution < -0.4 is 0 Å². The van der Waals surface area contributed by atoms with Gasteiger partial charge in [-0.15, -0.1) is 0 Å². The molecule has 1 aromatic rings. The van der Waals surface area contributed by atoms with Gasteiger partial charge in [-0.3, -0.25) is 4.79 Å². The van der Waals surface area contributed by atoms with Crippen LogP contribution in [-0.4, -0.2) is 18.0 Å². The van der Waals surface area contributed by atoms with Crippen molar-refractivity contribution in [1.29, 1.82) is 0 Å². The number of hydrogen-bond acceptors (Lipinski definition) is 2. The first-order chi connectivity index (χ1) is 7.10. The Morgan fingerprint density at radius 1 is 1.47 bits per heavy atom. The number of carbonyl (C=O) groups excluding carboxylic acids is 1. The molecule has 0 aromatic heterocycles. The van der Waals surface area contributed by atoms with Crippen LogP contribution in [0.5, 0.6) is 0 Å². The number of halogens is 1. The largest absolute Gasteiger partial charge is 0.361 e. The maximum absolute atomic E-state index is 11.5. The fourth-order valence-electron chi connectivity index (χ4n) is 1.17. The highest BCUT2D eigenvalue weighted by molar-refractivity contribution is 9.10. The van der Waals surface area contributed by atoms with E-state index in [4.69, 9.17) is 4.74 Å². The highest BCUT2D eigenvalue weighted by Gasteiger charge is 2.45. The zero-order valence-electron chi connectivity index (χ0n) is 8.37. The van der Waals surface area contributed by atoms with E-state index < -0.39 is 5.60 Å². The number of epoxide rings is 1. The van der Waals surface area contributed by atoms with Gasteiger partial charge in [-0.25, -0.2) is 0 Å². The molecule has 1 fully saturated rings. The topological polar surface area (TPSA) is 29.6 Å². The first-order valence-corrected chi connectivity index (χ1v) is 5.51. The van der Waals surface area contributed by atoms with E-state index in [2.05, 4.69) is 15.9 Å². The fraction of sp³-hybridized carbons (Fsp3) is 0.250. The van der Waals surface area contributed by atoms with E-state index in [1.807, 2.05) is 30.3 Å². The van der Waals surface area contributed by atoms with Crippen LogP contribution in [0.1, 0.15) is 12.5 Å². The van der Waals surface area contributed by atoms with Gasteiger partial charge in [-0.2, -0.15) is 0 Å². The average Bonchev–Trinajstić information content (AvgIpc) is 2.97. The molecule has 0 aliphatic carbocycles. The summed E-state index contributed by atoms with van der Waals surface area (Å²) >= 11 is 3.36. The van der Waals surface area contributed by atoms with Crippen molar-refractivity contribution in [2.45, 2.75) is 12.5 Å². The van der Waals surface area contributed by atoms with Crippen LogP contribution in [0.2, 0.25) is 0 Å². The van der Waals surface area contributed by atoms with E-state index in [1.54, 1.807) is 13.0 Å². The summed E-state index contributed by atoms with van der Waals surface area (Å²) in [4.78, 5) is 11.5. The van der Waals surface area contributed by atoms with E-state index in [1.165, 1.54) is 0 Å². The molecule has 15 heavy (non-hydrogen) atoms. The van der Waals surface area contributed by atoms with Gasteiger partial charge in [-0.05, 0) is 30.7 Å². The summed E-state index contributed by atoms with van der Waals surface area (Å²) in [6.07, 6.45) is 3.39. The maximum Gasteiger partial charge on any atom is 0.189 e. The van der Waals surface area contributed by atoms with Crippen LogP contribution >= 0.6 is 15.9 Å². The lowest BCUT2D eigenvalue weighted by atomic mass is 10.1. The van der Waals surface area contributed by atoms with Crippen LogP contribution in [0.25, 0.3) is 6.08 Å². The Morgan fingerprint density at radius 2 is 2.07 bits per heavy atom. The summed E-state index contributed by atoms with van der Waals surface area (Å²) in [5.41, 5.74) is 0.460. The third kappa shape index (κ3) is 2.55. The standard InChI is InChI=1S/C12H11BrO2/c1-12(8-15-12)11(14)7-4-9-2-5-10(13)6-3-9/h2-7H,8H2,1H3/b7-4+. The molecule has 3 heteroatoms. The molecule has 0 N–H and O–H groups in total. The minimum absolute atomic E-state index is 0.0328. The first kappa shape index (κ1) is 10.6. The average molecular weight is 267 g/mol. The Kier molecular flexibility index (Phi) is 2.76. The molecular formula is C12H11BrO2. The summed E-state index contributed by atoms with van der Waals surface area (Å²) in [6, 6.07) is 7.78. The molecule has 1 atom stereocenters. The Labute approximate surface area is 97.1 Å². The van der Waals surface area contributed by atoms with Crippen molar-refractivity contribution in [2.75, 3.05) is 6.61 Å². The number of rotatable bonds is 3. The van der Waals surface area contributed by atoms with E-state index in [0.717, 1.165) is 10.0 Å². The second-order valence-corrected chi connectivity index (χ2v) is 4.68. The van der Waals surface area contributed by atoms with Gasteiger partial charge in [0.25, 0.3) is 0 Å². The van der Waals surface area contributed by atoms with Gasteiger partial charge in [0.15, 0.2) is 11.4 Å². The summed E-state index contributed by atoms with van der Waals surface area (Å²) in [5.74, 6) is 0.0328. The molecule has 2 nitrogen and oxygen atoms in total. The summed E-state index contributed by atoms with van der Waals surface area (Å²) in [5, 5.41) is 0. The van der Waals surface area contributed by atoms with Crippen molar-refractivity contribution in [3.63, 3.8) is 0 Å². The van der Waals surface area contributed by atoms with E-state index in [-0.39, 0.29) is 5.78 Å². The molecule has 1 aromatic carbocycles. The Balaban J connectivity index is 2.05. The molecule has 1 aliphatic rings. The predicted molar refractivity (Wildman–Crippen MR) is 62.5 cm³/mol. The van der Waals surface area contributed by atoms with Crippen LogP contribution in [0.4, 0.5) is 0 Å². The Morgan fingerprint density at radius 3 is 2.60 bits per heavy atom. The number of ether oxygens (including phenoxy) is 1. The van der Waals surface area contributed by atoms with Crippen molar-refractivity contribution in [3.05, 3.63) is 40.4 Å².